The van der Waals surface area contributed by atoms with Gasteiger partial charge in [0.1, 0.15) is 23.7 Å². The number of fused-ring (bicyclic) bond motifs is 1. The number of hydrogen-bond donors (Lipinski definition) is 1. The lowest BCUT2D eigenvalue weighted by Crippen LogP contribution is -2.11. The largest absolute Gasteiger partial charge is 0.489 e. The molecule has 1 heterocycles. The number of ether oxygens (including phenoxy) is 1. The van der Waals surface area contributed by atoms with E-state index in [1.165, 1.54) is 5.56 Å². The molecule has 0 saturated carbocycles. The van der Waals surface area contributed by atoms with Gasteiger partial charge in [-0.2, -0.15) is 0 Å². The predicted molar refractivity (Wildman–Crippen MR) is 104 cm³/mol. The van der Waals surface area contributed by atoms with Crippen molar-refractivity contribution in [1.82, 2.24) is 5.32 Å². The molecule has 1 N–H and O–H groups in total. The van der Waals surface area contributed by atoms with Gasteiger partial charge in [0.25, 0.3) is 0 Å². The number of benzene rings is 3. The molecule has 0 spiro atoms. The van der Waals surface area contributed by atoms with Crippen LogP contribution in [0.1, 0.15) is 16.9 Å². The van der Waals surface area contributed by atoms with E-state index >= 15 is 0 Å². The molecule has 0 saturated heterocycles. The molecule has 0 bridgehead atoms. The third-order valence-corrected chi connectivity index (χ3v) is 4.26. The molecule has 0 atom stereocenters. The maximum atomic E-state index is 5.96. The van der Waals surface area contributed by atoms with E-state index in [1.54, 1.807) is 0 Å². The topological polar surface area (TPSA) is 34.4 Å². The van der Waals surface area contributed by atoms with Crippen LogP contribution < -0.4 is 10.1 Å². The fourth-order valence-corrected chi connectivity index (χ4v) is 2.91. The van der Waals surface area contributed by atoms with Gasteiger partial charge in [-0.25, -0.2) is 0 Å². The van der Waals surface area contributed by atoms with E-state index in [0.29, 0.717) is 13.2 Å². The first-order chi connectivity index (χ1) is 12.9. The van der Waals surface area contributed by atoms with Crippen molar-refractivity contribution >= 4 is 11.0 Å². The Hall–Kier alpha value is -3.04. The van der Waals surface area contributed by atoms with Gasteiger partial charge in [0.2, 0.25) is 0 Å². The van der Waals surface area contributed by atoms with Crippen LogP contribution >= 0.6 is 0 Å². The minimum Gasteiger partial charge on any atom is -0.489 e. The Bertz CT molecular complexity index is 961. The van der Waals surface area contributed by atoms with E-state index in [-0.39, 0.29) is 0 Å². The molecule has 1 aromatic heterocycles. The minimum absolute atomic E-state index is 0.554. The average Bonchev–Trinajstić information content (AvgIpc) is 3.10. The van der Waals surface area contributed by atoms with E-state index < -0.39 is 0 Å². The first-order valence-electron chi connectivity index (χ1n) is 8.81. The molecule has 0 amide bonds. The Morgan fingerprint density at radius 2 is 1.46 bits per heavy atom. The molecule has 4 rings (SSSR count). The van der Waals surface area contributed by atoms with Gasteiger partial charge in [-0.1, -0.05) is 60.7 Å². The average molecular weight is 343 g/mol. The van der Waals surface area contributed by atoms with Crippen LogP contribution in [-0.4, -0.2) is 0 Å². The fraction of sp³-hybridized carbons (Fsp3) is 0.130. The summed E-state index contributed by atoms with van der Waals surface area (Å²) in [4.78, 5) is 0. The highest BCUT2D eigenvalue weighted by Crippen LogP contribution is 2.25. The number of furan rings is 1. The lowest BCUT2D eigenvalue weighted by molar-refractivity contribution is 0.306. The van der Waals surface area contributed by atoms with Crippen molar-refractivity contribution in [2.24, 2.45) is 0 Å². The van der Waals surface area contributed by atoms with Crippen LogP contribution in [0.3, 0.4) is 0 Å². The van der Waals surface area contributed by atoms with E-state index in [1.807, 2.05) is 42.5 Å². The lowest BCUT2D eigenvalue weighted by atomic mass is 10.2. The molecular formula is C23H21NO2. The Kier molecular flexibility index (Phi) is 4.99. The summed E-state index contributed by atoms with van der Waals surface area (Å²) in [7, 11) is 0. The van der Waals surface area contributed by atoms with Crippen molar-refractivity contribution in [3.8, 4) is 5.75 Å². The Balaban J connectivity index is 1.37. The number of rotatable bonds is 7. The summed E-state index contributed by atoms with van der Waals surface area (Å²) >= 11 is 0. The highest BCUT2D eigenvalue weighted by molar-refractivity contribution is 5.79. The summed E-state index contributed by atoms with van der Waals surface area (Å²) in [6.45, 7) is 2.08. The monoisotopic (exact) mass is 343 g/mol. The van der Waals surface area contributed by atoms with Gasteiger partial charge < -0.3 is 14.5 Å². The van der Waals surface area contributed by atoms with Gasteiger partial charge in [-0.3, -0.25) is 0 Å². The fourth-order valence-electron chi connectivity index (χ4n) is 2.91. The second kappa shape index (κ2) is 7.89. The van der Waals surface area contributed by atoms with Crippen molar-refractivity contribution in [3.05, 3.63) is 102 Å². The SMILES string of the molecule is c1ccc(CNCc2cc3ccc(OCc4ccccc4)cc3o2)cc1. The molecule has 3 heteroatoms. The number of hydrogen-bond acceptors (Lipinski definition) is 3. The second-order valence-corrected chi connectivity index (χ2v) is 6.28. The van der Waals surface area contributed by atoms with Crippen LogP contribution in [0.5, 0.6) is 5.75 Å². The minimum atomic E-state index is 0.554. The smallest absolute Gasteiger partial charge is 0.138 e. The van der Waals surface area contributed by atoms with Crippen LogP contribution in [0, 0.1) is 0 Å². The van der Waals surface area contributed by atoms with Crippen LogP contribution in [0.15, 0.2) is 89.3 Å². The molecule has 0 fully saturated rings. The Labute approximate surface area is 153 Å². The lowest BCUT2D eigenvalue weighted by Gasteiger charge is -2.05. The van der Waals surface area contributed by atoms with Crippen molar-refractivity contribution in [1.29, 1.82) is 0 Å². The van der Waals surface area contributed by atoms with Crippen LogP contribution in [0.25, 0.3) is 11.0 Å². The molecule has 0 aliphatic carbocycles. The standard InChI is InChI=1S/C23H21NO2/c1-3-7-18(8-4-1)15-24-16-22-13-20-11-12-21(14-23(20)26-22)25-17-19-9-5-2-6-10-19/h1-14,24H,15-17H2. The molecule has 130 valence electrons. The highest BCUT2D eigenvalue weighted by Gasteiger charge is 2.06. The molecule has 0 aliphatic heterocycles. The summed E-state index contributed by atoms with van der Waals surface area (Å²) in [5.74, 6) is 1.75. The van der Waals surface area contributed by atoms with Crippen molar-refractivity contribution in [2.75, 3.05) is 0 Å². The molecule has 0 aliphatic rings. The predicted octanol–water partition coefficient (Wildman–Crippen LogP) is 5.30. The zero-order valence-corrected chi connectivity index (χ0v) is 14.5. The Morgan fingerprint density at radius 3 is 2.23 bits per heavy atom. The van der Waals surface area contributed by atoms with E-state index in [0.717, 1.165) is 34.6 Å². The van der Waals surface area contributed by atoms with Gasteiger partial charge in [-0.05, 0) is 29.3 Å². The molecule has 0 unspecified atom stereocenters. The molecule has 26 heavy (non-hydrogen) atoms. The van der Waals surface area contributed by atoms with Crippen LogP contribution in [0.2, 0.25) is 0 Å². The van der Waals surface area contributed by atoms with E-state index in [4.69, 9.17) is 9.15 Å². The molecule has 3 aromatic carbocycles. The zero-order chi connectivity index (χ0) is 17.6. The maximum Gasteiger partial charge on any atom is 0.138 e. The van der Waals surface area contributed by atoms with Gasteiger partial charge in [-0.15, -0.1) is 0 Å². The van der Waals surface area contributed by atoms with Crippen molar-refractivity contribution in [3.63, 3.8) is 0 Å². The van der Waals surface area contributed by atoms with Gasteiger partial charge in [0, 0.05) is 18.0 Å². The first-order valence-corrected chi connectivity index (χ1v) is 8.81. The van der Waals surface area contributed by atoms with Crippen molar-refractivity contribution < 1.29 is 9.15 Å². The van der Waals surface area contributed by atoms with Crippen molar-refractivity contribution in [2.45, 2.75) is 19.7 Å². The molecule has 3 nitrogen and oxygen atoms in total. The zero-order valence-electron chi connectivity index (χ0n) is 14.5. The maximum absolute atomic E-state index is 5.96. The molecule has 0 radical (unpaired) electrons. The molecular weight excluding hydrogens is 322 g/mol. The van der Waals surface area contributed by atoms with Gasteiger partial charge >= 0.3 is 0 Å². The summed E-state index contributed by atoms with van der Waals surface area (Å²) in [5, 5.41) is 4.51. The molecule has 4 aromatic rings. The van der Waals surface area contributed by atoms with E-state index in [9.17, 15) is 0 Å². The quantitative estimate of drug-likeness (QED) is 0.494. The van der Waals surface area contributed by atoms with Crippen LogP contribution in [-0.2, 0) is 19.7 Å². The second-order valence-electron chi connectivity index (χ2n) is 6.28. The number of nitrogens with one attached hydrogen (secondary N) is 1. The summed E-state index contributed by atoms with van der Waals surface area (Å²) in [5.41, 5.74) is 3.27. The normalized spacial score (nSPS) is 10.9. The third kappa shape index (κ3) is 4.13. The van der Waals surface area contributed by atoms with Crippen LogP contribution in [0.4, 0.5) is 0 Å². The summed E-state index contributed by atoms with van der Waals surface area (Å²) in [6.07, 6.45) is 0. The third-order valence-electron chi connectivity index (χ3n) is 4.26. The van der Waals surface area contributed by atoms with E-state index in [2.05, 4.69) is 47.8 Å². The summed E-state index contributed by atoms with van der Waals surface area (Å²) < 4.78 is 11.8. The highest BCUT2D eigenvalue weighted by atomic mass is 16.5. The van der Waals surface area contributed by atoms with Gasteiger partial charge in [0.05, 0.1) is 6.54 Å². The van der Waals surface area contributed by atoms with Gasteiger partial charge in [0.15, 0.2) is 0 Å². The summed E-state index contributed by atoms with van der Waals surface area (Å²) in [6, 6.07) is 28.6. The first kappa shape index (κ1) is 16.4. The Morgan fingerprint density at radius 1 is 0.731 bits per heavy atom.